The number of hydrogen-bond donors (Lipinski definition) is 1. The van der Waals surface area contributed by atoms with Crippen molar-refractivity contribution in [2.24, 2.45) is 0 Å². The third-order valence-electron chi connectivity index (χ3n) is 4.20. The normalized spacial score (nSPS) is 14.2. The SMILES string of the molecule is O=c1[nH]c(/C(Cl)=C/c2ccc(OC(F)F)cc2)nc2sc3c(c12)CCC3. The van der Waals surface area contributed by atoms with Crippen LogP contribution in [0, 0.1) is 0 Å². The first kappa shape index (κ1) is 17.2. The van der Waals surface area contributed by atoms with Crippen molar-refractivity contribution in [3.63, 3.8) is 0 Å². The summed E-state index contributed by atoms with van der Waals surface area (Å²) >= 11 is 7.86. The summed E-state index contributed by atoms with van der Waals surface area (Å²) in [6, 6.07) is 6.03. The molecule has 1 N–H and O–H groups in total. The second-order valence-corrected chi connectivity index (χ2v) is 7.38. The summed E-state index contributed by atoms with van der Waals surface area (Å²) in [5, 5.41) is 0.935. The minimum Gasteiger partial charge on any atom is -0.435 e. The lowest BCUT2D eigenvalue weighted by Crippen LogP contribution is -2.10. The quantitative estimate of drug-likeness (QED) is 0.690. The number of alkyl halides is 2. The van der Waals surface area contributed by atoms with Gasteiger partial charge in [-0.05, 0) is 48.6 Å². The first-order chi connectivity index (χ1) is 12.5. The van der Waals surface area contributed by atoms with Crippen molar-refractivity contribution in [2.45, 2.75) is 25.9 Å². The molecule has 4 rings (SSSR count). The van der Waals surface area contributed by atoms with Gasteiger partial charge in [0.1, 0.15) is 10.6 Å². The highest BCUT2D eigenvalue weighted by Crippen LogP contribution is 2.35. The van der Waals surface area contributed by atoms with Gasteiger partial charge in [-0.15, -0.1) is 11.3 Å². The number of ether oxygens (including phenoxy) is 1. The van der Waals surface area contributed by atoms with E-state index in [1.807, 2.05) is 0 Å². The Hall–Kier alpha value is -2.25. The fraction of sp³-hybridized carbons (Fsp3) is 0.222. The smallest absolute Gasteiger partial charge is 0.387 e. The van der Waals surface area contributed by atoms with Crippen LogP contribution < -0.4 is 10.3 Å². The zero-order valence-electron chi connectivity index (χ0n) is 13.4. The number of benzene rings is 1. The van der Waals surface area contributed by atoms with Gasteiger partial charge in [-0.2, -0.15) is 8.78 Å². The van der Waals surface area contributed by atoms with Gasteiger partial charge in [0.25, 0.3) is 5.56 Å². The summed E-state index contributed by atoms with van der Waals surface area (Å²) in [6.45, 7) is -2.87. The summed E-state index contributed by atoms with van der Waals surface area (Å²) < 4.78 is 28.7. The van der Waals surface area contributed by atoms with Crippen LogP contribution in [0.3, 0.4) is 0 Å². The maximum Gasteiger partial charge on any atom is 0.387 e. The molecular weight excluding hydrogens is 382 g/mol. The second kappa shape index (κ2) is 6.81. The number of nitrogens with zero attached hydrogens (tertiary/aromatic N) is 1. The van der Waals surface area contributed by atoms with Crippen LogP contribution in [0.4, 0.5) is 8.78 Å². The number of rotatable bonds is 4. The molecule has 3 aromatic rings. The predicted octanol–water partition coefficient (Wildman–Crippen LogP) is 4.81. The molecule has 0 amide bonds. The van der Waals surface area contributed by atoms with Crippen molar-refractivity contribution in [1.29, 1.82) is 0 Å². The molecule has 0 atom stereocenters. The zero-order valence-corrected chi connectivity index (χ0v) is 15.0. The Bertz CT molecular complexity index is 1060. The molecule has 0 fully saturated rings. The van der Waals surface area contributed by atoms with E-state index in [1.54, 1.807) is 29.5 Å². The molecule has 134 valence electrons. The van der Waals surface area contributed by atoms with Crippen LogP contribution in [0.1, 0.15) is 28.2 Å². The van der Waals surface area contributed by atoms with Gasteiger partial charge in [0.2, 0.25) is 0 Å². The molecule has 1 aromatic carbocycles. The molecule has 0 unspecified atom stereocenters. The Morgan fingerprint density at radius 1 is 1.31 bits per heavy atom. The average molecular weight is 395 g/mol. The van der Waals surface area contributed by atoms with Gasteiger partial charge < -0.3 is 9.72 Å². The lowest BCUT2D eigenvalue weighted by molar-refractivity contribution is -0.0498. The maximum absolute atomic E-state index is 12.5. The first-order valence-corrected chi connectivity index (χ1v) is 9.18. The van der Waals surface area contributed by atoms with Crippen molar-refractivity contribution in [3.05, 3.63) is 56.4 Å². The molecule has 2 aromatic heterocycles. The number of nitrogens with one attached hydrogen (secondary N) is 1. The Kier molecular flexibility index (Phi) is 4.50. The molecule has 0 radical (unpaired) electrons. The topological polar surface area (TPSA) is 55.0 Å². The zero-order chi connectivity index (χ0) is 18.3. The van der Waals surface area contributed by atoms with E-state index in [2.05, 4.69) is 14.7 Å². The van der Waals surface area contributed by atoms with E-state index in [1.165, 1.54) is 17.0 Å². The van der Waals surface area contributed by atoms with Gasteiger partial charge in [-0.3, -0.25) is 4.79 Å². The van der Waals surface area contributed by atoms with Crippen LogP contribution in [-0.2, 0) is 12.8 Å². The summed E-state index contributed by atoms with van der Waals surface area (Å²) in [6.07, 6.45) is 4.58. The van der Waals surface area contributed by atoms with Gasteiger partial charge >= 0.3 is 6.61 Å². The third-order valence-corrected chi connectivity index (χ3v) is 5.67. The van der Waals surface area contributed by atoms with Crippen LogP contribution in [0.15, 0.2) is 29.1 Å². The number of H-pyrrole nitrogens is 1. The van der Waals surface area contributed by atoms with Gasteiger partial charge in [-0.25, -0.2) is 4.98 Å². The van der Waals surface area contributed by atoms with Gasteiger partial charge in [0.05, 0.1) is 10.4 Å². The number of fused-ring (bicyclic) bond motifs is 3. The Morgan fingerprint density at radius 2 is 2.08 bits per heavy atom. The molecule has 0 saturated heterocycles. The van der Waals surface area contributed by atoms with Crippen molar-refractivity contribution in [2.75, 3.05) is 0 Å². The minimum atomic E-state index is -2.87. The van der Waals surface area contributed by atoms with Crippen LogP contribution >= 0.6 is 22.9 Å². The van der Waals surface area contributed by atoms with E-state index < -0.39 is 6.61 Å². The van der Waals surface area contributed by atoms with Crippen molar-refractivity contribution >= 4 is 44.3 Å². The number of hydrogen-bond acceptors (Lipinski definition) is 4. The number of aromatic nitrogens is 2. The average Bonchev–Trinajstić information content (AvgIpc) is 3.16. The maximum atomic E-state index is 12.5. The first-order valence-electron chi connectivity index (χ1n) is 7.98. The van der Waals surface area contributed by atoms with E-state index in [9.17, 15) is 13.6 Å². The molecule has 0 spiro atoms. The highest BCUT2D eigenvalue weighted by molar-refractivity contribution is 7.18. The van der Waals surface area contributed by atoms with E-state index in [4.69, 9.17) is 11.6 Å². The molecule has 0 bridgehead atoms. The van der Waals surface area contributed by atoms with Crippen molar-refractivity contribution in [1.82, 2.24) is 9.97 Å². The second-order valence-electron chi connectivity index (χ2n) is 5.89. The van der Waals surface area contributed by atoms with Crippen LogP contribution in [0.5, 0.6) is 5.75 Å². The van der Waals surface area contributed by atoms with E-state index in [0.29, 0.717) is 15.8 Å². The van der Waals surface area contributed by atoms with Crippen molar-refractivity contribution < 1.29 is 13.5 Å². The minimum absolute atomic E-state index is 0.0642. The van der Waals surface area contributed by atoms with Gasteiger partial charge in [0.15, 0.2) is 5.82 Å². The summed E-state index contributed by atoms with van der Waals surface area (Å²) in [4.78, 5) is 21.6. The molecule has 1 aliphatic rings. The lowest BCUT2D eigenvalue weighted by atomic mass is 10.2. The Labute approximate surface area is 156 Å². The number of thiophene rings is 1. The molecule has 0 saturated carbocycles. The fourth-order valence-corrected chi connectivity index (χ4v) is 4.55. The molecule has 0 aliphatic heterocycles. The van der Waals surface area contributed by atoms with Crippen molar-refractivity contribution in [3.8, 4) is 5.75 Å². The number of halogens is 3. The van der Waals surface area contributed by atoms with E-state index in [-0.39, 0.29) is 22.2 Å². The Balaban J connectivity index is 1.66. The summed E-state index contributed by atoms with van der Waals surface area (Å²) in [7, 11) is 0. The molecule has 1 aliphatic carbocycles. The van der Waals surface area contributed by atoms with E-state index >= 15 is 0 Å². The molecular formula is C18H13ClF2N2O2S. The van der Waals surface area contributed by atoms with Gasteiger partial charge in [-0.1, -0.05) is 23.7 Å². The lowest BCUT2D eigenvalue weighted by Gasteiger charge is -2.04. The highest BCUT2D eigenvalue weighted by atomic mass is 35.5. The molecule has 8 heteroatoms. The van der Waals surface area contributed by atoms with Crippen LogP contribution in [-0.4, -0.2) is 16.6 Å². The summed E-state index contributed by atoms with van der Waals surface area (Å²) in [5.74, 6) is 0.353. The van der Waals surface area contributed by atoms with Gasteiger partial charge in [0, 0.05) is 4.88 Å². The standard InChI is InChI=1S/C18H13ClF2N2O2S/c19-12(8-9-4-6-10(7-5-9)25-18(20)21)15-22-16(24)14-11-2-1-3-13(11)26-17(14)23-15/h4-8,18H,1-3H2,(H,22,23,24)/b12-8-. The molecule has 2 heterocycles. The van der Waals surface area contributed by atoms with Crippen LogP contribution in [0.2, 0.25) is 0 Å². The highest BCUT2D eigenvalue weighted by Gasteiger charge is 2.21. The van der Waals surface area contributed by atoms with Crippen LogP contribution in [0.25, 0.3) is 21.3 Å². The van der Waals surface area contributed by atoms with E-state index in [0.717, 1.165) is 24.8 Å². The molecule has 26 heavy (non-hydrogen) atoms. The monoisotopic (exact) mass is 394 g/mol. The predicted molar refractivity (Wildman–Crippen MR) is 99.1 cm³/mol. The molecule has 4 nitrogen and oxygen atoms in total. The Morgan fingerprint density at radius 3 is 2.81 bits per heavy atom. The largest absolute Gasteiger partial charge is 0.435 e. The third kappa shape index (κ3) is 3.24. The fourth-order valence-electron chi connectivity index (χ4n) is 3.08. The summed E-state index contributed by atoms with van der Waals surface area (Å²) in [5.41, 5.74) is 1.60. The number of aromatic amines is 1. The number of aryl methyl sites for hydroxylation is 2.